The van der Waals surface area contributed by atoms with Crippen LogP contribution in [0.2, 0.25) is 0 Å². The number of ether oxygens (including phenoxy) is 1. The van der Waals surface area contributed by atoms with Crippen molar-refractivity contribution in [3.63, 3.8) is 0 Å². The van der Waals surface area contributed by atoms with Crippen molar-refractivity contribution in [1.29, 1.82) is 0 Å². The van der Waals surface area contributed by atoms with Gasteiger partial charge in [0, 0.05) is 12.4 Å². The van der Waals surface area contributed by atoms with Gasteiger partial charge < -0.3 is 4.74 Å². The van der Waals surface area contributed by atoms with E-state index in [0.717, 1.165) is 15.0 Å². The van der Waals surface area contributed by atoms with Crippen LogP contribution in [0.15, 0.2) is 24.5 Å². The molecule has 88 valence electrons. The maximum atomic E-state index is 11.5. The number of hydrogen-bond donors (Lipinski definition) is 0. The lowest BCUT2D eigenvalue weighted by atomic mass is 10.3. The molecule has 0 saturated heterocycles. The van der Waals surface area contributed by atoms with Crippen LogP contribution in [-0.4, -0.2) is 27.8 Å². The summed E-state index contributed by atoms with van der Waals surface area (Å²) in [6.45, 7) is 1.90. The highest BCUT2D eigenvalue weighted by Crippen LogP contribution is 2.20. The van der Waals surface area contributed by atoms with Gasteiger partial charge in [0.2, 0.25) is 0 Å². The van der Waals surface area contributed by atoms with Gasteiger partial charge in [0.15, 0.2) is 5.69 Å². The standard InChI is InChI=1S/C11H10IN3O2/c1-7-9(12)10(11(16)17-2)14-15(7)8-3-5-13-6-4-8/h3-6H,1-2H3. The number of aromatic nitrogens is 3. The van der Waals surface area contributed by atoms with Gasteiger partial charge in [-0.25, -0.2) is 9.48 Å². The Morgan fingerprint density at radius 3 is 2.65 bits per heavy atom. The fourth-order valence-corrected chi connectivity index (χ4v) is 2.00. The van der Waals surface area contributed by atoms with Crippen LogP contribution in [0.3, 0.4) is 0 Å². The van der Waals surface area contributed by atoms with E-state index in [9.17, 15) is 4.79 Å². The molecule has 0 aromatic carbocycles. The van der Waals surface area contributed by atoms with Crippen LogP contribution in [0.1, 0.15) is 16.2 Å². The van der Waals surface area contributed by atoms with Crippen molar-refractivity contribution in [3.05, 3.63) is 39.5 Å². The highest BCUT2D eigenvalue weighted by atomic mass is 127. The molecule has 5 nitrogen and oxygen atoms in total. The number of esters is 1. The van der Waals surface area contributed by atoms with Crippen molar-refractivity contribution in [2.75, 3.05) is 7.11 Å². The van der Waals surface area contributed by atoms with E-state index in [4.69, 9.17) is 0 Å². The third-order valence-corrected chi connectivity index (χ3v) is 3.62. The number of hydrogen-bond acceptors (Lipinski definition) is 4. The fraction of sp³-hybridized carbons (Fsp3) is 0.182. The summed E-state index contributed by atoms with van der Waals surface area (Å²) in [6.07, 6.45) is 3.36. The number of carbonyl (C=O) groups excluding carboxylic acids is 1. The van der Waals surface area contributed by atoms with Crippen molar-refractivity contribution >= 4 is 28.6 Å². The van der Waals surface area contributed by atoms with E-state index in [0.29, 0.717) is 5.69 Å². The first-order chi connectivity index (χ1) is 8.15. The summed E-state index contributed by atoms with van der Waals surface area (Å²) >= 11 is 2.09. The summed E-state index contributed by atoms with van der Waals surface area (Å²) < 4.78 is 7.19. The van der Waals surface area contributed by atoms with Gasteiger partial charge in [0.1, 0.15) is 0 Å². The van der Waals surface area contributed by atoms with Crippen molar-refractivity contribution in [2.24, 2.45) is 0 Å². The predicted octanol–water partition coefficient (Wildman–Crippen LogP) is 1.97. The van der Waals surface area contributed by atoms with Crippen LogP contribution in [-0.2, 0) is 4.74 Å². The molecule has 0 aliphatic heterocycles. The average molecular weight is 343 g/mol. The molecule has 0 radical (unpaired) electrons. The van der Waals surface area contributed by atoms with Crippen molar-refractivity contribution in [1.82, 2.24) is 14.8 Å². The number of halogens is 1. The van der Waals surface area contributed by atoms with Crippen molar-refractivity contribution < 1.29 is 9.53 Å². The Balaban J connectivity index is 2.54. The SMILES string of the molecule is COC(=O)c1nn(-c2ccncc2)c(C)c1I. The monoisotopic (exact) mass is 343 g/mol. The smallest absolute Gasteiger partial charge is 0.359 e. The first-order valence-corrected chi connectivity index (χ1v) is 5.97. The number of carbonyl (C=O) groups is 1. The van der Waals surface area contributed by atoms with Crippen LogP contribution in [0.5, 0.6) is 0 Å². The Morgan fingerprint density at radius 1 is 1.41 bits per heavy atom. The molecule has 0 N–H and O–H groups in total. The lowest BCUT2D eigenvalue weighted by Crippen LogP contribution is -2.05. The maximum absolute atomic E-state index is 11.5. The summed E-state index contributed by atoms with van der Waals surface area (Å²) in [5.41, 5.74) is 2.10. The Kier molecular flexibility index (Phi) is 3.41. The van der Waals surface area contributed by atoms with E-state index < -0.39 is 5.97 Å². The zero-order chi connectivity index (χ0) is 12.4. The second kappa shape index (κ2) is 4.82. The third kappa shape index (κ3) is 2.17. The van der Waals surface area contributed by atoms with Crippen molar-refractivity contribution in [3.8, 4) is 5.69 Å². The molecular formula is C11H10IN3O2. The largest absolute Gasteiger partial charge is 0.464 e. The lowest BCUT2D eigenvalue weighted by molar-refractivity contribution is 0.0592. The summed E-state index contributed by atoms with van der Waals surface area (Å²) in [5.74, 6) is -0.426. The van der Waals surface area contributed by atoms with Crippen LogP contribution in [0.4, 0.5) is 0 Å². The quantitative estimate of drug-likeness (QED) is 0.618. The predicted molar refractivity (Wildman–Crippen MR) is 70.2 cm³/mol. The van der Waals surface area contributed by atoms with Gasteiger partial charge in [-0.15, -0.1) is 0 Å². The summed E-state index contributed by atoms with van der Waals surface area (Å²) in [7, 11) is 1.35. The van der Waals surface area contributed by atoms with Crippen LogP contribution in [0.25, 0.3) is 5.69 Å². The zero-order valence-electron chi connectivity index (χ0n) is 9.35. The van der Waals surface area contributed by atoms with Gasteiger partial charge in [-0.1, -0.05) is 0 Å². The Morgan fingerprint density at radius 2 is 2.06 bits per heavy atom. The molecule has 0 spiro atoms. The molecule has 0 aliphatic rings. The molecule has 17 heavy (non-hydrogen) atoms. The minimum absolute atomic E-state index is 0.336. The fourth-order valence-electron chi connectivity index (χ4n) is 1.45. The molecule has 0 atom stereocenters. The topological polar surface area (TPSA) is 57.0 Å². The first-order valence-electron chi connectivity index (χ1n) is 4.89. The average Bonchev–Trinajstić information content (AvgIpc) is 2.67. The van der Waals surface area contributed by atoms with Gasteiger partial charge in [0.25, 0.3) is 0 Å². The van der Waals surface area contributed by atoms with E-state index in [-0.39, 0.29) is 0 Å². The van der Waals surface area contributed by atoms with Crippen LogP contribution >= 0.6 is 22.6 Å². The second-order valence-electron chi connectivity index (χ2n) is 3.36. The number of pyridine rings is 1. The molecule has 0 fully saturated rings. The van der Waals surface area contributed by atoms with Gasteiger partial charge >= 0.3 is 5.97 Å². The maximum Gasteiger partial charge on any atom is 0.359 e. The van der Waals surface area contributed by atoms with E-state index in [1.54, 1.807) is 17.1 Å². The molecule has 2 rings (SSSR count). The summed E-state index contributed by atoms with van der Waals surface area (Å²) in [4.78, 5) is 15.5. The summed E-state index contributed by atoms with van der Waals surface area (Å²) in [6, 6.07) is 3.66. The van der Waals surface area contributed by atoms with E-state index in [1.165, 1.54) is 7.11 Å². The Labute approximate surface area is 112 Å². The molecule has 0 bridgehead atoms. The Hall–Kier alpha value is -1.44. The minimum Gasteiger partial charge on any atom is -0.464 e. The number of methoxy groups -OCH3 is 1. The molecule has 0 unspecified atom stereocenters. The summed E-state index contributed by atoms with van der Waals surface area (Å²) in [5, 5.41) is 4.26. The molecule has 2 aromatic heterocycles. The van der Waals surface area contributed by atoms with E-state index in [1.807, 2.05) is 19.1 Å². The van der Waals surface area contributed by atoms with Gasteiger partial charge in [0.05, 0.1) is 22.1 Å². The van der Waals surface area contributed by atoms with E-state index in [2.05, 4.69) is 37.4 Å². The second-order valence-corrected chi connectivity index (χ2v) is 4.44. The van der Waals surface area contributed by atoms with Gasteiger partial charge in [-0.05, 0) is 41.6 Å². The zero-order valence-corrected chi connectivity index (χ0v) is 11.5. The minimum atomic E-state index is -0.426. The molecule has 6 heteroatoms. The highest BCUT2D eigenvalue weighted by molar-refractivity contribution is 14.1. The molecular weight excluding hydrogens is 333 g/mol. The molecule has 2 heterocycles. The molecule has 0 saturated carbocycles. The molecule has 2 aromatic rings. The number of nitrogens with zero attached hydrogens (tertiary/aromatic N) is 3. The Bertz CT molecular complexity index is 551. The van der Waals surface area contributed by atoms with Crippen molar-refractivity contribution in [2.45, 2.75) is 6.92 Å². The molecule has 0 amide bonds. The molecule has 0 aliphatic carbocycles. The first kappa shape index (κ1) is 12.0. The number of rotatable bonds is 2. The van der Waals surface area contributed by atoms with Gasteiger partial charge in [-0.2, -0.15) is 5.10 Å². The van der Waals surface area contributed by atoms with Gasteiger partial charge in [-0.3, -0.25) is 4.98 Å². The normalized spacial score (nSPS) is 10.3. The lowest BCUT2D eigenvalue weighted by Gasteiger charge is -2.02. The van der Waals surface area contributed by atoms with E-state index >= 15 is 0 Å². The van der Waals surface area contributed by atoms with Crippen LogP contribution < -0.4 is 0 Å². The third-order valence-electron chi connectivity index (χ3n) is 2.33. The van der Waals surface area contributed by atoms with Crippen LogP contribution in [0, 0.1) is 10.5 Å². The highest BCUT2D eigenvalue weighted by Gasteiger charge is 2.19.